The van der Waals surface area contributed by atoms with Gasteiger partial charge in [-0.2, -0.15) is 0 Å². The molecule has 2 nitrogen and oxygen atoms in total. The lowest BCUT2D eigenvalue weighted by molar-refractivity contribution is 0.368. The van der Waals surface area contributed by atoms with E-state index in [0.717, 1.165) is 5.92 Å². The summed E-state index contributed by atoms with van der Waals surface area (Å²) >= 11 is 0. The van der Waals surface area contributed by atoms with Crippen LogP contribution in [0.1, 0.15) is 38.2 Å². The van der Waals surface area contributed by atoms with Crippen LogP contribution in [-0.2, 0) is 6.54 Å². The molecule has 1 aromatic rings. The Morgan fingerprint density at radius 1 is 1.39 bits per heavy atom. The second-order valence-corrected chi connectivity index (χ2v) is 5.15. The average molecular weight is 251 g/mol. The third-order valence-electron chi connectivity index (χ3n) is 3.98. The summed E-state index contributed by atoms with van der Waals surface area (Å²) in [5.41, 5.74) is 0.680. The first-order valence-electron chi connectivity index (χ1n) is 6.77. The van der Waals surface area contributed by atoms with Gasteiger partial charge in [0.15, 0.2) is 11.6 Å². The number of hydrogen-bond donors (Lipinski definition) is 1. The summed E-state index contributed by atoms with van der Waals surface area (Å²) in [6.45, 7) is 2.77. The molecule has 0 bridgehead atoms. The van der Waals surface area contributed by atoms with Gasteiger partial charge in [-0.05, 0) is 31.7 Å². The molecule has 0 radical (unpaired) electrons. The van der Waals surface area contributed by atoms with Gasteiger partial charge in [0.2, 0.25) is 0 Å². The van der Waals surface area contributed by atoms with E-state index < -0.39 is 0 Å². The first-order valence-corrected chi connectivity index (χ1v) is 6.77. The number of halogens is 1. The molecular weight excluding hydrogens is 229 g/mol. The van der Waals surface area contributed by atoms with Crippen molar-refractivity contribution in [2.75, 3.05) is 7.11 Å². The second kappa shape index (κ2) is 6.19. The number of hydrogen-bond acceptors (Lipinski definition) is 2. The van der Waals surface area contributed by atoms with Crippen LogP contribution in [0, 0.1) is 11.7 Å². The van der Waals surface area contributed by atoms with Gasteiger partial charge in [-0.3, -0.25) is 0 Å². The highest BCUT2D eigenvalue weighted by molar-refractivity contribution is 5.30. The molecule has 0 saturated heterocycles. The fourth-order valence-electron chi connectivity index (χ4n) is 2.75. The molecule has 0 amide bonds. The van der Waals surface area contributed by atoms with E-state index in [1.807, 2.05) is 12.1 Å². The average Bonchev–Trinajstić information content (AvgIpc) is 2.91. The van der Waals surface area contributed by atoms with E-state index in [-0.39, 0.29) is 5.82 Å². The highest BCUT2D eigenvalue weighted by Crippen LogP contribution is 2.28. The van der Waals surface area contributed by atoms with Gasteiger partial charge in [0.25, 0.3) is 0 Å². The molecule has 1 aromatic carbocycles. The zero-order chi connectivity index (χ0) is 13.0. The first kappa shape index (κ1) is 13.3. The van der Waals surface area contributed by atoms with Gasteiger partial charge in [0.1, 0.15) is 0 Å². The quantitative estimate of drug-likeness (QED) is 0.864. The number of rotatable bonds is 5. The van der Waals surface area contributed by atoms with Crippen LogP contribution < -0.4 is 10.1 Å². The summed E-state index contributed by atoms with van der Waals surface area (Å²) in [7, 11) is 1.50. The molecule has 3 heteroatoms. The summed E-state index contributed by atoms with van der Waals surface area (Å²) in [5, 5.41) is 3.44. The van der Waals surface area contributed by atoms with Gasteiger partial charge in [0.05, 0.1) is 7.11 Å². The molecule has 0 heterocycles. The lowest BCUT2D eigenvalue weighted by Gasteiger charge is -2.20. The third-order valence-corrected chi connectivity index (χ3v) is 3.98. The minimum Gasteiger partial charge on any atom is -0.494 e. The molecule has 0 unspecified atom stereocenters. The highest BCUT2D eigenvalue weighted by Gasteiger charge is 2.21. The van der Waals surface area contributed by atoms with Crippen molar-refractivity contribution in [2.24, 2.45) is 5.92 Å². The Labute approximate surface area is 109 Å². The van der Waals surface area contributed by atoms with Crippen LogP contribution >= 0.6 is 0 Å². The van der Waals surface area contributed by atoms with E-state index in [9.17, 15) is 4.39 Å². The summed E-state index contributed by atoms with van der Waals surface area (Å²) in [6.07, 6.45) is 5.28. The van der Waals surface area contributed by atoms with Crippen LogP contribution in [0.25, 0.3) is 0 Å². The van der Waals surface area contributed by atoms with Crippen molar-refractivity contribution in [1.29, 1.82) is 0 Å². The Balaban J connectivity index is 1.93. The van der Waals surface area contributed by atoms with Gasteiger partial charge in [-0.25, -0.2) is 4.39 Å². The van der Waals surface area contributed by atoms with Gasteiger partial charge in [0, 0.05) is 18.2 Å². The van der Waals surface area contributed by atoms with Crippen molar-refractivity contribution >= 4 is 0 Å². The highest BCUT2D eigenvalue weighted by atomic mass is 19.1. The maximum atomic E-state index is 13.9. The monoisotopic (exact) mass is 251 g/mol. The van der Waals surface area contributed by atoms with Crippen LogP contribution in [0.2, 0.25) is 0 Å². The predicted molar refractivity (Wildman–Crippen MR) is 71.2 cm³/mol. The van der Waals surface area contributed by atoms with Crippen molar-refractivity contribution in [2.45, 2.75) is 45.2 Å². The molecule has 0 aromatic heterocycles. The number of ether oxygens (including phenoxy) is 1. The first-order chi connectivity index (χ1) is 8.72. The molecule has 100 valence electrons. The van der Waals surface area contributed by atoms with Crippen LogP contribution in [0.3, 0.4) is 0 Å². The van der Waals surface area contributed by atoms with Crippen molar-refractivity contribution in [3.63, 3.8) is 0 Å². The van der Waals surface area contributed by atoms with Crippen LogP contribution in [0.15, 0.2) is 18.2 Å². The largest absolute Gasteiger partial charge is 0.494 e. The third kappa shape index (κ3) is 3.02. The van der Waals surface area contributed by atoms with Crippen molar-refractivity contribution in [3.8, 4) is 5.75 Å². The van der Waals surface area contributed by atoms with Crippen LogP contribution in [0.5, 0.6) is 5.75 Å². The van der Waals surface area contributed by atoms with E-state index in [2.05, 4.69) is 12.2 Å². The molecule has 1 fully saturated rings. The van der Waals surface area contributed by atoms with Gasteiger partial charge in [-0.1, -0.05) is 25.0 Å². The molecule has 1 saturated carbocycles. The van der Waals surface area contributed by atoms with E-state index in [4.69, 9.17) is 4.74 Å². The maximum Gasteiger partial charge on any atom is 0.169 e. The fraction of sp³-hybridized carbons (Fsp3) is 0.600. The van der Waals surface area contributed by atoms with Crippen LogP contribution in [-0.4, -0.2) is 13.2 Å². The fourth-order valence-corrected chi connectivity index (χ4v) is 2.75. The smallest absolute Gasteiger partial charge is 0.169 e. The van der Waals surface area contributed by atoms with Gasteiger partial charge >= 0.3 is 0 Å². The number of nitrogens with one attached hydrogen (secondary N) is 1. The zero-order valence-corrected chi connectivity index (χ0v) is 11.2. The van der Waals surface area contributed by atoms with Gasteiger partial charge < -0.3 is 10.1 Å². The molecule has 0 spiro atoms. The summed E-state index contributed by atoms with van der Waals surface area (Å²) in [6, 6.07) is 5.75. The molecule has 1 aliphatic carbocycles. The molecule has 0 aliphatic heterocycles. The molecule has 1 aliphatic rings. The lowest BCUT2D eigenvalue weighted by atomic mass is 9.99. The summed E-state index contributed by atoms with van der Waals surface area (Å²) < 4.78 is 18.9. The zero-order valence-electron chi connectivity index (χ0n) is 11.2. The van der Waals surface area contributed by atoms with E-state index in [0.29, 0.717) is 23.9 Å². The van der Waals surface area contributed by atoms with Crippen LogP contribution in [0.4, 0.5) is 4.39 Å². The lowest BCUT2D eigenvalue weighted by Crippen LogP contribution is -2.32. The van der Waals surface area contributed by atoms with E-state index in [1.165, 1.54) is 32.8 Å². The SMILES string of the molecule is COc1cccc(CN[C@H](C)C2CCCC2)c1F. The Morgan fingerprint density at radius 2 is 2.11 bits per heavy atom. The molecule has 18 heavy (non-hydrogen) atoms. The summed E-state index contributed by atoms with van der Waals surface area (Å²) in [5.74, 6) is 0.826. The Bertz CT molecular complexity index is 388. The van der Waals surface area contributed by atoms with Crippen molar-refractivity contribution in [3.05, 3.63) is 29.6 Å². The van der Waals surface area contributed by atoms with E-state index in [1.54, 1.807) is 6.07 Å². The van der Waals surface area contributed by atoms with Crippen molar-refractivity contribution in [1.82, 2.24) is 5.32 Å². The Hall–Kier alpha value is -1.09. The van der Waals surface area contributed by atoms with E-state index >= 15 is 0 Å². The minimum atomic E-state index is -0.244. The minimum absolute atomic E-state index is 0.244. The Morgan fingerprint density at radius 3 is 2.78 bits per heavy atom. The van der Waals surface area contributed by atoms with Crippen molar-refractivity contribution < 1.29 is 9.13 Å². The molecule has 1 N–H and O–H groups in total. The molecule has 1 atom stereocenters. The topological polar surface area (TPSA) is 21.3 Å². The standard InChI is InChI=1S/C15H22FNO/c1-11(12-6-3-4-7-12)17-10-13-8-5-9-14(18-2)15(13)16/h5,8-9,11-12,17H,3-4,6-7,10H2,1-2H3/t11-/m1/s1. The maximum absolute atomic E-state index is 13.9. The second-order valence-electron chi connectivity index (χ2n) is 5.15. The number of benzene rings is 1. The molecular formula is C15H22FNO. The number of methoxy groups -OCH3 is 1. The predicted octanol–water partition coefficient (Wildman–Crippen LogP) is 3.50. The summed E-state index contributed by atoms with van der Waals surface area (Å²) in [4.78, 5) is 0. The van der Waals surface area contributed by atoms with Gasteiger partial charge in [-0.15, -0.1) is 0 Å². The molecule has 2 rings (SSSR count). The normalized spacial score (nSPS) is 17.9. The Kier molecular flexibility index (Phi) is 4.59.